The van der Waals surface area contributed by atoms with Gasteiger partial charge in [-0.3, -0.25) is 0 Å². The van der Waals surface area contributed by atoms with E-state index in [2.05, 4.69) is 16.0 Å². The van der Waals surface area contributed by atoms with Gasteiger partial charge < -0.3 is 30.8 Å². The standard InChI is InChI=1S/C8H14N3.2CH3.Zr/c1-9-6-4-5-7(10-2)8(6)11-3;;;/h4-5,9-11H,1-3H3;2*1H3;/q3*-1;+3. The molecule has 1 aromatic carbocycles. The molecule has 1 radical (unpaired) electrons. The fourth-order valence-corrected chi connectivity index (χ4v) is 1.16. The van der Waals surface area contributed by atoms with Crippen LogP contribution in [0.1, 0.15) is 0 Å². The molecule has 3 N–H and O–H groups in total. The van der Waals surface area contributed by atoms with Crippen molar-refractivity contribution in [2.45, 2.75) is 0 Å². The fraction of sp³-hybridized carbons (Fsp3) is 0.300. The van der Waals surface area contributed by atoms with E-state index in [0.29, 0.717) is 0 Å². The first-order chi connectivity index (χ1) is 5.33. The summed E-state index contributed by atoms with van der Waals surface area (Å²) in [6.07, 6.45) is 0. The number of hydrogen-bond acceptors (Lipinski definition) is 3. The molecule has 0 saturated carbocycles. The van der Waals surface area contributed by atoms with Gasteiger partial charge in [0.15, 0.2) is 0 Å². The van der Waals surface area contributed by atoms with Crippen LogP contribution in [0.5, 0.6) is 0 Å². The van der Waals surface area contributed by atoms with Crippen molar-refractivity contribution in [3.63, 3.8) is 0 Å². The first-order valence-electron chi connectivity index (χ1n) is 3.66. The van der Waals surface area contributed by atoms with Crippen molar-refractivity contribution in [3.8, 4) is 0 Å². The molecule has 0 aliphatic rings. The molecule has 0 bridgehead atoms. The van der Waals surface area contributed by atoms with Gasteiger partial charge in [0.2, 0.25) is 0 Å². The van der Waals surface area contributed by atoms with Crippen LogP contribution in [-0.2, 0) is 26.2 Å². The van der Waals surface area contributed by atoms with Gasteiger partial charge >= 0.3 is 26.2 Å². The summed E-state index contributed by atoms with van der Waals surface area (Å²) >= 11 is 0. The van der Waals surface area contributed by atoms with Crippen molar-refractivity contribution < 1.29 is 26.2 Å². The van der Waals surface area contributed by atoms with Crippen LogP contribution in [0.2, 0.25) is 0 Å². The Morgan fingerprint density at radius 1 is 1.07 bits per heavy atom. The second kappa shape index (κ2) is 9.20. The topological polar surface area (TPSA) is 36.1 Å². The molecule has 14 heavy (non-hydrogen) atoms. The second-order valence-electron chi connectivity index (χ2n) is 2.29. The van der Waals surface area contributed by atoms with Crippen molar-refractivity contribution in [1.82, 2.24) is 0 Å². The molecule has 0 aromatic heterocycles. The molecular weight excluding hydrogens is 253 g/mol. The molecule has 0 fully saturated rings. The zero-order valence-corrected chi connectivity index (χ0v) is 12.1. The van der Waals surface area contributed by atoms with Gasteiger partial charge in [-0.2, -0.15) is 12.1 Å². The third-order valence-corrected chi connectivity index (χ3v) is 1.74. The fourth-order valence-electron chi connectivity index (χ4n) is 1.16. The van der Waals surface area contributed by atoms with Crippen LogP contribution in [0, 0.1) is 14.9 Å². The van der Waals surface area contributed by atoms with Gasteiger partial charge in [-0.15, -0.1) is 0 Å². The quantitative estimate of drug-likeness (QED) is 0.740. The van der Waals surface area contributed by atoms with E-state index in [9.17, 15) is 0 Å². The molecule has 1 aromatic rings. The van der Waals surface area contributed by atoms with Crippen molar-refractivity contribution in [1.29, 1.82) is 0 Å². The minimum atomic E-state index is 0. The second-order valence-corrected chi connectivity index (χ2v) is 2.29. The Morgan fingerprint density at radius 2 is 1.64 bits per heavy atom. The first kappa shape index (κ1) is 19.2. The van der Waals surface area contributed by atoms with Gasteiger partial charge in [-0.25, -0.2) is 0 Å². The Labute approximate surface area is 107 Å². The van der Waals surface area contributed by atoms with Gasteiger partial charge in [0, 0.05) is 7.05 Å². The molecule has 79 valence electrons. The summed E-state index contributed by atoms with van der Waals surface area (Å²) in [6, 6.07) is 4.08. The third-order valence-electron chi connectivity index (χ3n) is 1.74. The van der Waals surface area contributed by atoms with E-state index in [4.69, 9.17) is 0 Å². The van der Waals surface area contributed by atoms with Crippen LogP contribution in [-0.4, -0.2) is 21.1 Å². The molecule has 4 heteroatoms. The summed E-state index contributed by atoms with van der Waals surface area (Å²) in [5, 5.41) is 9.32. The zero-order chi connectivity index (χ0) is 8.27. The van der Waals surface area contributed by atoms with E-state index in [1.165, 1.54) is 0 Å². The van der Waals surface area contributed by atoms with Crippen LogP contribution >= 0.6 is 0 Å². The van der Waals surface area contributed by atoms with Crippen molar-refractivity contribution in [2.24, 2.45) is 0 Å². The predicted molar refractivity (Wildman–Crippen MR) is 63.5 cm³/mol. The molecule has 0 saturated heterocycles. The summed E-state index contributed by atoms with van der Waals surface area (Å²) in [4.78, 5) is 0. The van der Waals surface area contributed by atoms with Crippen molar-refractivity contribution in [2.75, 3.05) is 37.1 Å². The summed E-state index contributed by atoms with van der Waals surface area (Å²) in [6.45, 7) is 0. The normalized spacial score (nSPS) is 7.36. The maximum absolute atomic E-state index is 3.12. The minimum Gasteiger partial charge on any atom is -0.447 e. The zero-order valence-electron chi connectivity index (χ0n) is 9.65. The molecule has 0 aliphatic carbocycles. The molecule has 3 nitrogen and oxygen atoms in total. The number of nitrogens with one attached hydrogen (secondary N) is 3. The monoisotopic (exact) mass is 272 g/mol. The van der Waals surface area contributed by atoms with Crippen LogP contribution in [0.15, 0.2) is 12.1 Å². The van der Waals surface area contributed by atoms with Gasteiger partial charge in [0.1, 0.15) is 0 Å². The Hall–Kier alpha value is -0.367. The Bertz CT molecular complexity index is 212. The average Bonchev–Trinajstić information content (AvgIpc) is 2.45. The molecule has 1 rings (SSSR count). The Balaban J connectivity index is -0.000000403. The molecule has 0 atom stereocenters. The SMILES string of the molecule is CNc1cc[c-](NC)c1NC.[CH3-].[CH3-].[Zr+3]. The van der Waals surface area contributed by atoms with Crippen molar-refractivity contribution in [3.05, 3.63) is 27.0 Å². The van der Waals surface area contributed by atoms with E-state index < -0.39 is 0 Å². The van der Waals surface area contributed by atoms with E-state index >= 15 is 0 Å². The van der Waals surface area contributed by atoms with Crippen LogP contribution in [0.25, 0.3) is 0 Å². The van der Waals surface area contributed by atoms with Gasteiger partial charge in [-0.05, 0) is 19.8 Å². The molecular formula is C10H20N3Zr. The van der Waals surface area contributed by atoms with Crippen LogP contribution < -0.4 is 16.0 Å². The molecule has 0 amide bonds. The van der Waals surface area contributed by atoms with Crippen LogP contribution in [0.3, 0.4) is 0 Å². The largest absolute Gasteiger partial charge is 3.00 e. The minimum absolute atomic E-state index is 0. The van der Waals surface area contributed by atoms with Gasteiger partial charge in [0.25, 0.3) is 0 Å². The Morgan fingerprint density at radius 3 is 2.00 bits per heavy atom. The molecule has 0 spiro atoms. The third kappa shape index (κ3) is 3.79. The maximum Gasteiger partial charge on any atom is 3.00 e. The molecule has 0 aliphatic heterocycles. The summed E-state index contributed by atoms with van der Waals surface area (Å²) in [7, 11) is 5.74. The maximum atomic E-state index is 3.12. The predicted octanol–water partition coefficient (Wildman–Crippen LogP) is 2.43. The van der Waals surface area contributed by atoms with Gasteiger partial charge in [0.05, 0.1) is 0 Å². The number of anilines is 3. The first-order valence-corrected chi connectivity index (χ1v) is 3.66. The van der Waals surface area contributed by atoms with E-state index in [0.717, 1.165) is 17.1 Å². The molecule has 0 unspecified atom stereocenters. The van der Waals surface area contributed by atoms with Crippen molar-refractivity contribution >= 4 is 17.1 Å². The average molecular weight is 274 g/mol. The van der Waals surface area contributed by atoms with E-state index in [1.807, 2.05) is 33.3 Å². The van der Waals surface area contributed by atoms with E-state index in [1.54, 1.807) is 0 Å². The number of hydrogen-bond donors (Lipinski definition) is 3. The smallest absolute Gasteiger partial charge is 0.447 e. The van der Waals surface area contributed by atoms with E-state index in [-0.39, 0.29) is 41.1 Å². The van der Waals surface area contributed by atoms with Crippen LogP contribution in [0.4, 0.5) is 17.1 Å². The Kier molecular flexibility index (Phi) is 12.6. The molecule has 0 heterocycles. The summed E-state index contributed by atoms with van der Waals surface area (Å²) in [5.41, 5.74) is 3.36. The van der Waals surface area contributed by atoms with Gasteiger partial charge in [-0.1, -0.05) is 11.4 Å². The number of rotatable bonds is 3. The summed E-state index contributed by atoms with van der Waals surface area (Å²) in [5.74, 6) is 0. The summed E-state index contributed by atoms with van der Waals surface area (Å²) < 4.78 is 0.